The summed E-state index contributed by atoms with van der Waals surface area (Å²) in [5, 5.41) is 6.24. The van der Waals surface area contributed by atoms with Crippen molar-refractivity contribution < 1.29 is 9.53 Å². The normalized spacial score (nSPS) is 10.7. The molecule has 1 heterocycles. The molecule has 6 nitrogen and oxygen atoms in total. The molecule has 0 unspecified atom stereocenters. The smallest absolute Gasteiger partial charge is 0.274 e. The third-order valence-corrected chi connectivity index (χ3v) is 4.58. The fraction of sp³-hybridized carbons (Fsp3) is 0.261. The number of benzene rings is 2. The Morgan fingerprint density at radius 3 is 2.52 bits per heavy atom. The van der Waals surface area contributed by atoms with Crippen molar-refractivity contribution in [1.29, 1.82) is 0 Å². The van der Waals surface area contributed by atoms with E-state index in [1.54, 1.807) is 32.2 Å². The van der Waals surface area contributed by atoms with E-state index in [2.05, 4.69) is 53.5 Å². The standard InChI is InChI=1S/C23H26N4O2/c1-14(2)19-11-6-8-15(3)22(19)27-21-13-20(24-16(4)25-21)23(28)26-17-9-7-10-18(12-17)29-5/h6-14H,1-5H3,(H,26,28)(H,24,25,27). The number of hydrogen-bond donors (Lipinski definition) is 2. The van der Waals surface area contributed by atoms with Gasteiger partial charge in [-0.3, -0.25) is 4.79 Å². The lowest BCUT2D eigenvalue weighted by molar-refractivity contribution is 0.102. The van der Waals surface area contributed by atoms with E-state index < -0.39 is 0 Å². The summed E-state index contributed by atoms with van der Waals surface area (Å²) in [4.78, 5) is 21.5. The maximum Gasteiger partial charge on any atom is 0.274 e. The molecule has 0 saturated carbocycles. The minimum atomic E-state index is -0.305. The van der Waals surface area contributed by atoms with Crippen molar-refractivity contribution >= 4 is 23.1 Å². The minimum absolute atomic E-state index is 0.294. The Kier molecular flexibility index (Phi) is 6.12. The van der Waals surface area contributed by atoms with Crippen LogP contribution < -0.4 is 15.4 Å². The van der Waals surface area contributed by atoms with Gasteiger partial charge < -0.3 is 15.4 Å². The van der Waals surface area contributed by atoms with Gasteiger partial charge in [-0.1, -0.05) is 38.1 Å². The van der Waals surface area contributed by atoms with E-state index in [4.69, 9.17) is 4.74 Å². The number of para-hydroxylation sites is 1. The third-order valence-electron chi connectivity index (χ3n) is 4.58. The zero-order valence-electron chi connectivity index (χ0n) is 17.4. The van der Waals surface area contributed by atoms with Gasteiger partial charge in [0.15, 0.2) is 0 Å². The van der Waals surface area contributed by atoms with Crippen molar-refractivity contribution in [2.24, 2.45) is 0 Å². The highest BCUT2D eigenvalue weighted by molar-refractivity contribution is 6.03. The van der Waals surface area contributed by atoms with Gasteiger partial charge in [0, 0.05) is 23.5 Å². The molecule has 150 valence electrons. The van der Waals surface area contributed by atoms with Gasteiger partial charge in [0.25, 0.3) is 5.91 Å². The zero-order valence-corrected chi connectivity index (χ0v) is 17.4. The van der Waals surface area contributed by atoms with Crippen LogP contribution in [-0.4, -0.2) is 23.0 Å². The number of carbonyl (C=O) groups is 1. The molecule has 0 aliphatic heterocycles. The SMILES string of the molecule is COc1cccc(NC(=O)c2cc(Nc3c(C)cccc3C(C)C)nc(C)n2)c1. The second-order valence-electron chi connectivity index (χ2n) is 7.19. The number of aryl methyl sites for hydroxylation is 2. The van der Waals surface area contributed by atoms with Crippen LogP contribution in [0.15, 0.2) is 48.5 Å². The Balaban J connectivity index is 1.88. The summed E-state index contributed by atoms with van der Waals surface area (Å²) in [6, 6.07) is 15.1. The Bertz CT molecular complexity index is 1030. The predicted molar refractivity (Wildman–Crippen MR) is 116 cm³/mol. The topological polar surface area (TPSA) is 76.1 Å². The maximum atomic E-state index is 12.7. The largest absolute Gasteiger partial charge is 0.497 e. The quantitative estimate of drug-likeness (QED) is 0.603. The van der Waals surface area contributed by atoms with Gasteiger partial charge in [-0.2, -0.15) is 0 Å². The van der Waals surface area contributed by atoms with Crippen molar-refractivity contribution in [3.8, 4) is 5.75 Å². The molecule has 0 fully saturated rings. The van der Waals surface area contributed by atoms with Crippen molar-refractivity contribution in [2.75, 3.05) is 17.7 Å². The lowest BCUT2D eigenvalue weighted by atomic mass is 9.98. The van der Waals surface area contributed by atoms with Gasteiger partial charge >= 0.3 is 0 Å². The summed E-state index contributed by atoms with van der Waals surface area (Å²) in [6.45, 7) is 8.13. The van der Waals surface area contributed by atoms with Gasteiger partial charge in [0.1, 0.15) is 23.1 Å². The fourth-order valence-electron chi connectivity index (χ4n) is 3.11. The highest BCUT2D eigenvalue weighted by Crippen LogP contribution is 2.30. The summed E-state index contributed by atoms with van der Waals surface area (Å²) in [5.41, 5.74) is 4.27. The molecule has 3 rings (SSSR count). The molecule has 0 aliphatic rings. The van der Waals surface area contributed by atoms with Crippen molar-refractivity contribution in [1.82, 2.24) is 9.97 Å². The van der Waals surface area contributed by atoms with Gasteiger partial charge in [-0.25, -0.2) is 9.97 Å². The predicted octanol–water partition coefficient (Wildman–Crippen LogP) is 5.22. The lowest BCUT2D eigenvalue weighted by Gasteiger charge is -2.17. The highest BCUT2D eigenvalue weighted by Gasteiger charge is 2.14. The van der Waals surface area contributed by atoms with E-state index in [1.165, 1.54) is 5.56 Å². The molecular weight excluding hydrogens is 364 g/mol. The first-order valence-electron chi connectivity index (χ1n) is 9.55. The average Bonchev–Trinajstić information content (AvgIpc) is 2.69. The number of amides is 1. The molecule has 2 N–H and O–H groups in total. The molecule has 1 amide bonds. The fourth-order valence-corrected chi connectivity index (χ4v) is 3.11. The van der Waals surface area contributed by atoms with Gasteiger partial charge in [-0.15, -0.1) is 0 Å². The number of nitrogens with one attached hydrogen (secondary N) is 2. The first-order valence-corrected chi connectivity index (χ1v) is 9.55. The number of rotatable bonds is 6. The molecule has 0 bridgehead atoms. The lowest BCUT2D eigenvalue weighted by Crippen LogP contribution is -2.15. The Morgan fingerprint density at radius 1 is 1.03 bits per heavy atom. The Morgan fingerprint density at radius 2 is 1.79 bits per heavy atom. The van der Waals surface area contributed by atoms with Crippen molar-refractivity contribution in [2.45, 2.75) is 33.6 Å². The highest BCUT2D eigenvalue weighted by atomic mass is 16.5. The molecule has 2 aromatic carbocycles. The van der Waals surface area contributed by atoms with E-state index in [0.29, 0.717) is 34.7 Å². The van der Waals surface area contributed by atoms with Crippen LogP contribution in [0, 0.1) is 13.8 Å². The van der Waals surface area contributed by atoms with Crippen LogP contribution in [0.5, 0.6) is 5.75 Å². The maximum absolute atomic E-state index is 12.7. The second kappa shape index (κ2) is 8.73. The summed E-state index contributed by atoms with van der Waals surface area (Å²) in [7, 11) is 1.59. The number of methoxy groups -OCH3 is 1. The molecular formula is C23H26N4O2. The first kappa shape index (κ1) is 20.3. The average molecular weight is 390 g/mol. The number of anilines is 3. The molecule has 0 spiro atoms. The van der Waals surface area contributed by atoms with Crippen LogP contribution in [0.3, 0.4) is 0 Å². The molecule has 0 saturated heterocycles. The summed E-state index contributed by atoms with van der Waals surface area (Å²) in [6.07, 6.45) is 0. The van der Waals surface area contributed by atoms with E-state index in [-0.39, 0.29) is 5.91 Å². The third kappa shape index (κ3) is 4.90. The number of hydrogen-bond acceptors (Lipinski definition) is 5. The molecule has 0 aliphatic carbocycles. The monoisotopic (exact) mass is 390 g/mol. The van der Waals surface area contributed by atoms with Crippen LogP contribution in [0.4, 0.5) is 17.2 Å². The van der Waals surface area contributed by atoms with Gasteiger partial charge in [0.05, 0.1) is 7.11 Å². The summed E-state index contributed by atoms with van der Waals surface area (Å²) < 4.78 is 5.20. The zero-order chi connectivity index (χ0) is 21.0. The van der Waals surface area contributed by atoms with Crippen molar-refractivity contribution in [3.63, 3.8) is 0 Å². The summed E-state index contributed by atoms with van der Waals surface area (Å²) >= 11 is 0. The molecule has 0 atom stereocenters. The minimum Gasteiger partial charge on any atom is -0.497 e. The van der Waals surface area contributed by atoms with E-state index >= 15 is 0 Å². The van der Waals surface area contributed by atoms with Crippen LogP contribution in [-0.2, 0) is 0 Å². The summed E-state index contributed by atoms with van der Waals surface area (Å²) in [5.74, 6) is 1.83. The second-order valence-corrected chi connectivity index (χ2v) is 7.19. The Labute approximate surface area is 171 Å². The van der Waals surface area contributed by atoms with Crippen LogP contribution in [0.1, 0.15) is 47.2 Å². The first-order chi connectivity index (χ1) is 13.9. The van der Waals surface area contributed by atoms with Crippen LogP contribution in [0.25, 0.3) is 0 Å². The number of ether oxygens (including phenoxy) is 1. The van der Waals surface area contributed by atoms with Crippen LogP contribution in [0.2, 0.25) is 0 Å². The molecule has 0 radical (unpaired) electrons. The number of nitrogens with zero attached hydrogens (tertiary/aromatic N) is 2. The van der Waals surface area contributed by atoms with Gasteiger partial charge in [0.2, 0.25) is 0 Å². The molecule has 29 heavy (non-hydrogen) atoms. The van der Waals surface area contributed by atoms with E-state index in [0.717, 1.165) is 11.3 Å². The van der Waals surface area contributed by atoms with E-state index in [1.807, 2.05) is 18.2 Å². The molecule has 1 aromatic heterocycles. The van der Waals surface area contributed by atoms with Crippen molar-refractivity contribution in [3.05, 3.63) is 71.2 Å². The van der Waals surface area contributed by atoms with Crippen LogP contribution >= 0.6 is 0 Å². The van der Waals surface area contributed by atoms with Gasteiger partial charge in [-0.05, 0) is 43.0 Å². The number of aromatic nitrogens is 2. The Hall–Kier alpha value is -3.41. The number of carbonyl (C=O) groups excluding carboxylic acids is 1. The molecule has 6 heteroatoms. The molecule has 3 aromatic rings. The van der Waals surface area contributed by atoms with E-state index in [9.17, 15) is 4.79 Å².